The van der Waals surface area contributed by atoms with Crippen LogP contribution in [-0.2, 0) is 6.42 Å². The van der Waals surface area contributed by atoms with Crippen molar-refractivity contribution in [2.45, 2.75) is 58.0 Å². The number of rotatable bonds is 4. The van der Waals surface area contributed by atoms with Crippen LogP contribution in [0.25, 0.3) is 0 Å². The van der Waals surface area contributed by atoms with Gasteiger partial charge in [0.25, 0.3) is 0 Å². The molecule has 0 heterocycles. The van der Waals surface area contributed by atoms with E-state index in [1.165, 1.54) is 43.4 Å². The summed E-state index contributed by atoms with van der Waals surface area (Å²) >= 11 is 0. The third-order valence-electron chi connectivity index (χ3n) is 4.28. The normalized spacial score (nSPS) is 23.6. The third kappa shape index (κ3) is 3.97. The summed E-state index contributed by atoms with van der Waals surface area (Å²) in [6.45, 7) is 4.54. The predicted molar refractivity (Wildman–Crippen MR) is 83.6 cm³/mol. The second-order valence-electron chi connectivity index (χ2n) is 6.44. The van der Waals surface area contributed by atoms with Crippen molar-refractivity contribution in [3.63, 3.8) is 0 Å². The fourth-order valence-electron chi connectivity index (χ4n) is 3.04. The van der Waals surface area contributed by atoms with Gasteiger partial charge in [-0.1, -0.05) is 26.0 Å². The maximum absolute atomic E-state index is 5.98. The van der Waals surface area contributed by atoms with E-state index in [0.29, 0.717) is 12.1 Å². The van der Waals surface area contributed by atoms with Crippen molar-refractivity contribution in [3.05, 3.63) is 29.8 Å². The van der Waals surface area contributed by atoms with E-state index in [2.05, 4.69) is 50.1 Å². The molecule has 1 aliphatic rings. The van der Waals surface area contributed by atoms with Crippen molar-refractivity contribution in [2.75, 3.05) is 11.9 Å². The first-order valence-corrected chi connectivity index (χ1v) is 7.63. The zero-order chi connectivity index (χ0) is 13.8. The van der Waals surface area contributed by atoms with Gasteiger partial charge in [-0.2, -0.15) is 0 Å². The number of hydrogen-bond acceptors (Lipinski definition) is 2. The molecule has 0 radical (unpaired) electrons. The van der Waals surface area contributed by atoms with Gasteiger partial charge in [0, 0.05) is 24.8 Å². The molecule has 0 unspecified atom stereocenters. The molecule has 0 aliphatic heterocycles. The molecule has 0 atom stereocenters. The SMILES string of the molecule is CC(C)Cc1ccc(N(C)C2CCC(N)CC2)cc1. The van der Waals surface area contributed by atoms with Crippen LogP contribution in [0.3, 0.4) is 0 Å². The Balaban J connectivity index is 1.97. The summed E-state index contributed by atoms with van der Waals surface area (Å²) in [5.74, 6) is 0.725. The molecule has 2 rings (SSSR count). The second-order valence-corrected chi connectivity index (χ2v) is 6.44. The summed E-state index contributed by atoms with van der Waals surface area (Å²) in [6, 6.07) is 10.2. The lowest BCUT2D eigenvalue weighted by molar-refractivity contribution is 0.385. The number of hydrogen-bond donors (Lipinski definition) is 1. The molecule has 1 aromatic carbocycles. The Morgan fingerprint density at radius 1 is 1.11 bits per heavy atom. The average molecular weight is 260 g/mol. The Morgan fingerprint density at radius 2 is 1.68 bits per heavy atom. The van der Waals surface area contributed by atoms with E-state index < -0.39 is 0 Å². The summed E-state index contributed by atoms with van der Waals surface area (Å²) in [7, 11) is 2.22. The van der Waals surface area contributed by atoms with Gasteiger partial charge in [-0.3, -0.25) is 0 Å². The van der Waals surface area contributed by atoms with Crippen LogP contribution in [0.15, 0.2) is 24.3 Å². The van der Waals surface area contributed by atoms with Crippen LogP contribution in [0.2, 0.25) is 0 Å². The molecular weight excluding hydrogens is 232 g/mol. The minimum Gasteiger partial charge on any atom is -0.372 e. The lowest BCUT2D eigenvalue weighted by atomic mass is 9.90. The maximum atomic E-state index is 5.98. The van der Waals surface area contributed by atoms with Gasteiger partial charge in [-0.05, 0) is 55.7 Å². The quantitative estimate of drug-likeness (QED) is 0.896. The van der Waals surface area contributed by atoms with Gasteiger partial charge in [-0.15, -0.1) is 0 Å². The van der Waals surface area contributed by atoms with Crippen LogP contribution in [0.5, 0.6) is 0 Å². The van der Waals surface area contributed by atoms with Crippen LogP contribution >= 0.6 is 0 Å². The van der Waals surface area contributed by atoms with E-state index in [4.69, 9.17) is 5.73 Å². The molecule has 0 amide bonds. The van der Waals surface area contributed by atoms with E-state index in [-0.39, 0.29) is 0 Å². The van der Waals surface area contributed by atoms with Crippen LogP contribution in [0.4, 0.5) is 5.69 Å². The zero-order valence-electron chi connectivity index (χ0n) is 12.6. The molecule has 1 saturated carbocycles. The largest absolute Gasteiger partial charge is 0.372 e. The average Bonchev–Trinajstić information content (AvgIpc) is 2.39. The Hall–Kier alpha value is -1.02. The molecule has 2 N–H and O–H groups in total. The van der Waals surface area contributed by atoms with Gasteiger partial charge in [0.1, 0.15) is 0 Å². The second kappa shape index (κ2) is 6.42. The minimum absolute atomic E-state index is 0.429. The van der Waals surface area contributed by atoms with Crippen LogP contribution in [0, 0.1) is 5.92 Å². The van der Waals surface area contributed by atoms with E-state index in [1.807, 2.05) is 0 Å². The minimum atomic E-state index is 0.429. The fourth-order valence-corrected chi connectivity index (χ4v) is 3.04. The Kier molecular flexibility index (Phi) is 4.87. The van der Waals surface area contributed by atoms with E-state index in [9.17, 15) is 0 Å². The highest BCUT2D eigenvalue weighted by molar-refractivity contribution is 5.48. The topological polar surface area (TPSA) is 29.3 Å². The molecule has 0 saturated heterocycles. The van der Waals surface area contributed by atoms with E-state index >= 15 is 0 Å². The number of nitrogens with two attached hydrogens (primary N) is 1. The van der Waals surface area contributed by atoms with Crippen molar-refractivity contribution < 1.29 is 0 Å². The van der Waals surface area contributed by atoms with E-state index in [0.717, 1.165) is 5.92 Å². The molecule has 1 aromatic rings. The molecule has 19 heavy (non-hydrogen) atoms. The van der Waals surface area contributed by atoms with Crippen molar-refractivity contribution in [2.24, 2.45) is 11.7 Å². The smallest absolute Gasteiger partial charge is 0.0366 e. The maximum Gasteiger partial charge on any atom is 0.0366 e. The molecule has 2 heteroatoms. The zero-order valence-corrected chi connectivity index (χ0v) is 12.6. The molecule has 1 fully saturated rings. The standard InChI is InChI=1S/C17H28N2/c1-13(2)12-14-4-8-16(9-5-14)19(3)17-10-6-15(18)7-11-17/h4-5,8-9,13,15,17H,6-7,10-12,18H2,1-3H3. The van der Waals surface area contributed by atoms with Crippen molar-refractivity contribution >= 4 is 5.69 Å². The summed E-state index contributed by atoms with van der Waals surface area (Å²) in [4.78, 5) is 2.44. The fraction of sp³-hybridized carbons (Fsp3) is 0.647. The summed E-state index contributed by atoms with van der Waals surface area (Å²) in [5, 5.41) is 0. The van der Waals surface area contributed by atoms with Crippen LogP contribution < -0.4 is 10.6 Å². The molecule has 106 valence electrons. The Labute approximate surface area is 118 Å². The van der Waals surface area contributed by atoms with Gasteiger partial charge in [0.2, 0.25) is 0 Å². The lowest BCUT2D eigenvalue weighted by Crippen LogP contribution is -2.38. The summed E-state index contributed by atoms with van der Waals surface area (Å²) < 4.78 is 0. The highest BCUT2D eigenvalue weighted by Gasteiger charge is 2.22. The highest BCUT2D eigenvalue weighted by atomic mass is 15.1. The number of benzene rings is 1. The number of anilines is 1. The molecule has 0 aromatic heterocycles. The van der Waals surface area contributed by atoms with E-state index in [1.54, 1.807) is 0 Å². The first-order valence-electron chi connectivity index (χ1n) is 7.63. The highest BCUT2D eigenvalue weighted by Crippen LogP contribution is 2.26. The monoisotopic (exact) mass is 260 g/mol. The summed E-state index contributed by atoms with van der Waals surface area (Å²) in [5.41, 5.74) is 8.77. The van der Waals surface area contributed by atoms with Gasteiger partial charge in [-0.25, -0.2) is 0 Å². The Morgan fingerprint density at radius 3 is 2.21 bits per heavy atom. The predicted octanol–water partition coefficient (Wildman–Crippen LogP) is 3.59. The van der Waals surface area contributed by atoms with Crippen LogP contribution in [0.1, 0.15) is 45.1 Å². The molecule has 0 spiro atoms. The van der Waals surface area contributed by atoms with Gasteiger partial charge in [0.05, 0.1) is 0 Å². The van der Waals surface area contributed by atoms with Crippen LogP contribution in [-0.4, -0.2) is 19.1 Å². The van der Waals surface area contributed by atoms with Crippen molar-refractivity contribution in [1.29, 1.82) is 0 Å². The lowest BCUT2D eigenvalue weighted by Gasteiger charge is -2.35. The molecule has 2 nitrogen and oxygen atoms in total. The van der Waals surface area contributed by atoms with Gasteiger partial charge >= 0.3 is 0 Å². The first-order chi connectivity index (χ1) is 9.06. The molecule has 0 bridgehead atoms. The van der Waals surface area contributed by atoms with Crippen molar-refractivity contribution in [1.82, 2.24) is 0 Å². The Bertz CT molecular complexity index is 375. The van der Waals surface area contributed by atoms with Crippen molar-refractivity contribution in [3.8, 4) is 0 Å². The van der Waals surface area contributed by atoms with Gasteiger partial charge < -0.3 is 10.6 Å². The first kappa shape index (κ1) is 14.4. The third-order valence-corrected chi connectivity index (χ3v) is 4.28. The number of nitrogens with zero attached hydrogens (tertiary/aromatic N) is 1. The van der Waals surface area contributed by atoms with Gasteiger partial charge in [0.15, 0.2) is 0 Å². The molecule has 1 aliphatic carbocycles. The summed E-state index contributed by atoms with van der Waals surface area (Å²) in [6.07, 6.45) is 5.96. The molecular formula is C17H28N2.